The van der Waals surface area contributed by atoms with E-state index in [2.05, 4.69) is 6.92 Å². The smallest absolute Gasteiger partial charge is 0.159 e. The van der Waals surface area contributed by atoms with Gasteiger partial charge in [0.15, 0.2) is 11.6 Å². The molecule has 2 N–H and O–H groups in total. The average molecular weight is 213 g/mol. The number of benzene rings is 1. The van der Waals surface area contributed by atoms with Gasteiger partial charge in [-0.2, -0.15) is 0 Å². The second kappa shape index (κ2) is 5.81. The first-order valence-corrected chi connectivity index (χ1v) is 5.34. The van der Waals surface area contributed by atoms with Crippen LogP contribution in [-0.2, 0) is 0 Å². The summed E-state index contributed by atoms with van der Waals surface area (Å²) in [7, 11) is 0. The molecular formula is C12H17F2N. The van der Waals surface area contributed by atoms with Gasteiger partial charge in [0.25, 0.3) is 0 Å². The highest BCUT2D eigenvalue weighted by atomic mass is 19.2. The lowest BCUT2D eigenvalue weighted by molar-refractivity contribution is 0.500. The Morgan fingerprint density at radius 1 is 1.20 bits per heavy atom. The molecule has 3 heteroatoms. The fourth-order valence-corrected chi connectivity index (χ4v) is 1.79. The van der Waals surface area contributed by atoms with Crippen molar-refractivity contribution in [1.82, 2.24) is 0 Å². The first-order chi connectivity index (χ1) is 7.19. The van der Waals surface area contributed by atoms with E-state index in [0.29, 0.717) is 6.54 Å². The third-order valence-corrected chi connectivity index (χ3v) is 2.57. The van der Waals surface area contributed by atoms with Crippen LogP contribution in [0.2, 0.25) is 0 Å². The van der Waals surface area contributed by atoms with Crippen LogP contribution < -0.4 is 5.73 Å². The van der Waals surface area contributed by atoms with E-state index in [0.717, 1.165) is 24.8 Å². The summed E-state index contributed by atoms with van der Waals surface area (Å²) in [6.45, 7) is 2.65. The fraction of sp³-hybridized carbons (Fsp3) is 0.500. The van der Waals surface area contributed by atoms with Crippen molar-refractivity contribution >= 4 is 0 Å². The topological polar surface area (TPSA) is 26.0 Å². The molecule has 0 aliphatic rings. The van der Waals surface area contributed by atoms with Gasteiger partial charge in [-0.05, 0) is 43.0 Å². The Kier molecular flexibility index (Phi) is 4.69. The molecule has 0 fully saturated rings. The lowest BCUT2D eigenvalue weighted by atomic mass is 9.91. The Morgan fingerprint density at radius 3 is 2.47 bits per heavy atom. The first kappa shape index (κ1) is 12.1. The molecular weight excluding hydrogens is 196 g/mol. The zero-order valence-electron chi connectivity index (χ0n) is 8.97. The van der Waals surface area contributed by atoms with Crippen LogP contribution in [0, 0.1) is 11.6 Å². The molecule has 0 radical (unpaired) electrons. The molecule has 0 spiro atoms. The number of hydrogen-bond acceptors (Lipinski definition) is 1. The molecule has 1 aromatic rings. The van der Waals surface area contributed by atoms with Gasteiger partial charge in [0.2, 0.25) is 0 Å². The Labute approximate surface area is 89.3 Å². The second-order valence-corrected chi connectivity index (χ2v) is 3.74. The molecule has 0 aliphatic carbocycles. The average Bonchev–Trinajstić information content (AvgIpc) is 2.22. The summed E-state index contributed by atoms with van der Waals surface area (Å²) < 4.78 is 25.7. The number of halogens is 2. The van der Waals surface area contributed by atoms with E-state index in [1.54, 1.807) is 6.07 Å². The summed E-state index contributed by atoms with van der Waals surface area (Å²) in [5, 5.41) is 0. The lowest BCUT2D eigenvalue weighted by Gasteiger charge is -2.15. The standard InChI is InChI=1S/C12H17F2N/c1-2-3-9(6-7-15)10-4-5-11(13)12(14)8-10/h4-5,8-9H,2-3,6-7,15H2,1H3. The molecule has 0 amide bonds. The van der Waals surface area contributed by atoms with Crippen LogP contribution in [0.1, 0.15) is 37.7 Å². The zero-order valence-corrected chi connectivity index (χ0v) is 8.97. The molecule has 0 bridgehead atoms. The first-order valence-electron chi connectivity index (χ1n) is 5.34. The van der Waals surface area contributed by atoms with Crippen LogP contribution in [0.4, 0.5) is 8.78 Å². The van der Waals surface area contributed by atoms with Crippen molar-refractivity contribution in [1.29, 1.82) is 0 Å². The zero-order chi connectivity index (χ0) is 11.3. The van der Waals surface area contributed by atoms with Crippen molar-refractivity contribution in [3.8, 4) is 0 Å². The molecule has 1 atom stereocenters. The van der Waals surface area contributed by atoms with E-state index in [-0.39, 0.29) is 5.92 Å². The van der Waals surface area contributed by atoms with Crippen molar-refractivity contribution in [2.24, 2.45) is 5.73 Å². The summed E-state index contributed by atoms with van der Waals surface area (Å²) in [6, 6.07) is 4.11. The number of nitrogens with two attached hydrogens (primary N) is 1. The van der Waals surface area contributed by atoms with Crippen LogP contribution in [0.5, 0.6) is 0 Å². The van der Waals surface area contributed by atoms with E-state index in [1.165, 1.54) is 12.1 Å². The van der Waals surface area contributed by atoms with Gasteiger partial charge in [0, 0.05) is 0 Å². The van der Waals surface area contributed by atoms with E-state index in [1.807, 2.05) is 0 Å². The SMILES string of the molecule is CCCC(CCN)c1ccc(F)c(F)c1. The molecule has 84 valence electrons. The molecule has 1 aromatic carbocycles. The van der Waals surface area contributed by atoms with E-state index >= 15 is 0 Å². The van der Waals surface area contributed by atoms with Crippen molar-refractivity contribution in [3.05, 3.63) is 35.4 Å². The molecule has 1 unspecified atom stereocenters. The fourth-order valence-electron chi connectivity index (χ4n) is 1.79. The largest absolute Gasteiger partial charge is 0.330 e. The van der Waals surface area contributed by atoms with Gasteiger partial charge in [-0.1, -0.05) is 19.4 Å². The van der Waals surface area contributed by atoms with Gasteiger partial charge in [-0.25, -0.2) is 8.78 Å². The molecule has 1 rings (SSSR count). The third kappa shape index (κ3) is 3.27. The van der Waals surface area contributed by atoms with Gasteiger partial charge in [0.05, 0.1) is 0 Å². The molecule has 0 saturated carbocycles. The summed E-state index contributed by atoms with van der Waals surface area (Å²) >= 11 is 0. The molecule has 1 nitrogen and oxygen atoms in total. The summed E-state index contributed by atoms with van der Waals surface area (Å²) in [5.41, 5.74) is 6.35. The quantitative estimate of drug-likeness (QED) is 0.798. The Balaban J connectivity index is 2.85. The predicted octanol–water partition coefficient (Wildman–Crippen LogP) is 3.20. The van der Waals surface area contributed by atoms with Crippen molar-refractivity contribution in [2.75, 3.05) is 6.54 Å². The van der Waals surface area contributed by atoms with Crippen molar-refractivity contribution in [3.63, 3.8) is 0 Å². The van der Waals surface area contributed by atoms with Crippen LogP contribution in [-0.4, -0.2) is 6.54 Å². The highest BCUT2D eigenvalue weighted by Crippen LogP contribution is 2.25. The van der Waals surface area contributed by atoms with E-state index in [4.69, 9.17) is 5.73 Å². The van der Waals surface area contributed by atoms with Crippen LogP contribution in [0.15, 0.2) is 18.2 Å². The molecule has 0 aromatic heterocycles. The maximum absolute atomic E-state index is 13.0. The van der Waals surface area contributed by atoms with Gasteiger partial charge in [-0.15, -0.1) is 0 Å². The van der Waals surface area contributed by atoms with Crippen molar-refractivity contribution < 1.29 is 8.78 Å². The molecule has 0 aliphatic heterocycles. The molecule has 0 heterocycles. The van der Waals surface area contributed by atoms with E-state index in [9.17, 15) is 8.78 Å². The van der Waals surface area contributed by atoms with Gasteiger partial charge in [0.1, 0.15) is 0 Å². The maximum Gasteiger partial charge on any atom is 0.159 e. The highest BCUT2D eigenvalue weighted by Gasteiger charge is 2.12. The van der Waals surface area contributed by atoms with Crippen LogP contribution in [0.3, 0.4) is 0 Å². The van der Waals surface area contributed by atoms with Gasteiger partial charge >= 0.3 is 0 Å². The Bertz CT molecular complexity index is 306. The van der Waals surface area contributed by atoms with Crippen molar-refractivity contribution in [2.45, 2.75) is 32.1 Å². The monoisotopic (exact) mass is 213 g/mol. The molecule has 15 heavy (non-hydrogen) atoms. The normalized spacial score (nSPS) is 12.8. The number of hydrogen-bond donors (Lipinski definition) is 1. The van der Waals surface area contributed by atoms with E-state index < -0.39 is 11.6 Å². The maximum atomic E-state index is 13.0. The minimum absolute atomic E-state index is 0.245. The summed E-state index contributed by atoms with van der Waals surface area (Å²) in [6.07, 6.45) is 2.80. The van der Waals surface area contributed by atoms with Crippen LogP contribution >= 0.6 is 0 Å². The Hall–Kier alpha value is -0.960. The number of rotatable bonds is 5. The third-order valence-electron chi connectivity index (χ3n) is 2.57. The lowest BCUT2D eigenvalue weighted by Crippen LogP contribution is -2.08. The summed E-state index contributed by atoms with van der Waals surface area (Å²) in [4.78, 5) is 0. The molecule has 0 saturated heterocycles. The Morgan fingerprint density at radius 2 is 1.93 bits per heavy atom. The van der Waals surface area contributed by atoms with Crippen LogP contribution in [0.25, 0.3) is 0 Å². The van der Waals surface area contributed by atoms with Gasteiger partial charge in [-0.3, -0.25) is 0 Å². The summed E-state index contributed by atoms with van der Waals surface area (Å²) in [5.74, 6) is -1.32. The minimum atomic E-state index is -0.790. The predicted molar refractivity (Wildman–Crippen MR) is 57.7 cm³/mol. The second-order valence-electron chi connectivity index (χ2n) is 3.74. The minimum Gasteiger partial charge on any atom is -0.330 e. The van der Waals surface area contributed by atoms with Gasteiger partial charge < -0.3 is 5.73 Å². The highest BCUT2D eigenvalue weighted by molar-refractivity contribution is 5.21.